The number of nitrogens with one attached hydrogen (secondary N) is 1. The van der Waals surface area contributed by atoms with E-state index in [-0.39, 0.29) is 6.04 Å². The third-order valence-electron chi connectivity index (χ3n) is 5.57. The van der Waals surface area contributed by atoms with Gasteiger partial charge in [-0.1, -0.05) is 91.0 Å². The number of allylic oxidation sites excluding steroid dienone is 5. The van der Waals surface area contributed by atoms with Crippen molar-refractivity contribution >= 4 is 22.2 Å². The maximum absolute atomic E-state index is 4.50. The summed E-state index contributed by atoms with van der Waals surface area (Å²) < 4.78 is 0. The van der Waals surface area contributed by atoms with E-state index in [1.54, 1.807) is 6.33 Å². The van der Waals surface area contributed by atoms with Crippen LogP contribution >= 0.6 is 0 Å². The third kappa shape index (κ3) is 5.45. The van der Waals surface area contributed by atoms with Crippen LogP contribution in [0.25, 0.3) is 27.6 Å². The molecule has 1 heterocycles. The molecule has 0 radical (unpaired) electrons. The Hall–Kier alpha value is -3.98. The standard InChI is InChI=1S/C30H29N3/c1-5-8-26(17-21(2)3)25-13-11-23(12-14-25)22(4)33-30-19-29(31-20-32-30)28-16-15-24-9-6-7-10-27(24)18-28/h5-20,22H,2H2,1,3-4H3,(H,31,32,33)/b8-5-,26-17+. The topological polar surface area (TPSA) is 37.8 Å². The lowest BCUT2D eigenvalue weighted by Crippen LogP contribution is -2.08. The molecule has 3 nitrogen and oxygen atoms in total. The Bertz CT molecular complexity index is 1330. The number of hydrogen-bond donors (Lipinski definition) is 1. The maximum Gasteiger partial charge on any atom is 0.130 e. The van der Waals surface area contributed by atoms with Crippen molar-refractivity contribution in [3.8, 4) is 11.3 Å². The number of fused-ring (bicyclic) bond motifs is 1. The minimum atomic E-state index is 0.105. The molecule has 1 atom stereocenters. The number of nitrogens with zero attached hydrogens (tertiary/aromatic N) is 2. The second kappa shape index (κ2) is 10.1. The van der Waals surface area contributed by atoms with Crippen molar-refractivity contribution in [2.45, 2.75) is 26.8 Å². The van der Waals surface area contributed by atoms with E-state index in [0.717, 1.165) is 28.2 Å². The fraction of sp³-hybridized carbons (Fsp3) is 0.133. The van der Waals surface area contributed by atoms with Gasteiger partial charge in [0.25, 0.3) is 0 Å². The monoisotopic (exact) mass is 431 g/mol. The van der Waals surface area contributed by atoms with E-state index in [4.69, 9.17) is 0 Å². The summed E-state index contributed by atoms with van der Waals surface area (Å²) in [6.45, 7) is 10.2. The molecule has 0 amide bonds. The van der Waals surface area contributed by atoms with E-state index in [9.17, 15) is 0 Å². The van der Waals surface area contributed by atoms with E-state index in [1.807, 2.05) is 19.9 Å². The molecule has 1 aromatic heterocycles. The summed E-state index contributed by atoms with van der Waals surface area (Å²) in [6.07, 6.45) is 7.88. The van der Waals surface area contributed by atoms with Gasteiger partial charge in [-0.25, -0.2) is 9.97 Å². The van der Waals surface area contributed by atoms with Crippen LogP contribution < -0.4 is 5.32 Å². The van der Waals surface area contributed by atoms with Crippen molar-refractivity contribution in [2.75, 3.05) is 5.32 Å². The molecule has 1 N–H and O–H groups in total. The lowest BCUT2D eigenvalue weighted by atomic mass is 9.99. The van der Waals surface area contributed by atoms with Gasteiger partial charge in [0.1, 0.15) is 12.1 Å². The molecular weight excluding hydrogens is 402 g/mol. The van der Waals surface area contributed by atoms with Crippen molar-refractivity contribution in [3.05, 3.63) is 121 Å². The Morgan fingerprint density at radius 1 is 0.939 bits per heavy atom. The van der Waals surface area contributed by atoms with Gasteiger partial charge >= 0.3 is 0 Å². The van der Waals surface area contributed by atoms with Crippen LogP contribution in [0.5, 0.6) is 0 Å². The van der Waals surface area contributed by atoms with Gasteiger partial charge in [0, 0.05) is 17.7 Å². The van der Waals surface area contributed by atoms with Crippen molar-refractivity contribution in [2.24, 2.45) is 0 Å². The molecule has 0 aliphatic rings. The highest BCUT2D eigenvalue weighted by molar-refractivity contribution is 5.87. The molecule has 3 aromatic carbocycles. The van der Waals surface area contributed by atoms with Crippen LogP contribution in [0.4, 0.5) is 5.82 Å². The first kappa shape index (κ1) is 22.2. The molecular formula is C30H29N3. The number of rotatable bonds is 7. The van der Waals surface area contributed by atoms with E-state index >= 15 is 0 Å². The lowest BCUT2D eigenvalue weighted by molar-refractivity contribution is 0.872. The molecule has 3 heteroatoms. The average molecular weight is 432 g/mol. The second-order valence-electron chi connectivity index (χ2n) is 8.28. The predicted octanol–water partition coefficient (Wildman–Crippen LogP) is 8.01. The largest absolute Gasteiger partial charge is 0.363 e. The molecule has 33 heavy (non-hydrogen) atoms. The Labute approximate surface area is 196 Å². The zero-order valence-electron chi connectivity index (χ0n) is 19.4. The summed E-state index contributed by atoms with van der Waals surface area (Å²) in [5, 5.41) is 5.94. The first-order valence-corrected chi connectivity index (χ1v) is 11.2. The highest BCUT2D eigenvalue weighted by Gasteiger charge is 2.09. The van der Waals surface area contributed by atoms with Crippen LogP contribution in [0, 0.1) is 0 Å². The van der Waals surface area contributed by atoms with E-state index < -0.39 is 0 Å². The van der Waals surface area contributed by atoms with Crippen LogP contribution in [0.3, 0.4) is 0 Å². The summed E-state index contributed by atoms with van der Waals surface area (Å²) in [5.41, 5.74) is 6.55. The van der Waals surface area contributed by atoms with E-state index in [0.29, 0.717) is 0 Å². The zero-order valence-corrected chi connectivity index (χ0v) is 19.4. The van der Waals surface area contributed by atoms with Gasteiger partial charge < -0.3 is 5.32 Å². The Morgan fingerprint density at radius 3 is 2.42 bits per heavy atom. The summed E-state index contributed by atoms with van der Waals surface area (Å²) >= 11 is 0. The Kier molecular flexibility index (Phi) is 6.80. The highest BCUT2D eigenvalue weighted by Crippen LogP contribution is 2.26. The summed E-state index contributed by atoms with van der Waals surface area (Å²) in [6, 6.07) is 25.5. The van der Waals surface area contributed by atoms with Crippen LogP contribution in [0.2, 0.25) is 0 Å². The first-order valence-electron chi connectivity index (χ1n) is 11.2. The average Bonchev–Trinajstić information content (AvgIpc) is 2.83. The molecule has 0 spiro atoms. The number of anilines is 1. The van der Waals surface area contributed by atoms with Gasteiger partial charge in [-0.05, 0) is 54.3 Å². The molecule has 0 saturated carbocycles. The molecule has 0 saturated heterocycles. The van der Waals surface area contributed by atoms with Gasteiger partial charge in [0.05, 0.1) is 5.69 Å². The fourth-order valence-corrected chi connectivity index (χ4v) is 3.88. The lowest BCUT2D eigenvalue weighted by Gasteiger charge is -2.16. The maximum atomic E-state index is 4.50. The molecule has 4 rings (SSSR count). The van der Waals surface area contributed by atoms with Crippen LogP contribution in [0.15, 0.2) is 110 Å². The molecule has 4 aromatic rings. The summed E-state index contributed by atoms with van der Waals surface area (Å²) in [5.74, 6) is 0.807. The SMILES string of the molecule is C=C(C)/C=C(\C=C/C)c1ccc(C(C)Nc2cc(-c3ccc4ccccc4c3)ncn2)cc1. The van der Waals surface area contributed by atoms with Crippen LogP contribution in [-0.2, 0) is 0 Å². The smallest absolute Gasteiger partial charge is 0.130 e. The normalized spacial score (nSPS) is 12.8. The van der Waals surface area contributed by atoms with Crippen molar-refractivity contribution in [3.63, 3.8) is 0 Å². The highest BCUT2D eigenvalue weighted by atomic mass is 15.0. The van der Waals surface area contributed by atoms with Gasteiger partial charge in [0.2, 0.25) is 0 Å². The molecule has 164 valence electrons. The van der Waals surface area contributed by atoms with Crippen molar-refractivity contribution in [1.29, 1.82) is 0 Å². The first-order chi connectivity index (χ1) is 16.0. The fourth-order valence-electron chi connectivity index (χ4n) is 3.88. The molecule has 0 bridgehead atoms. The van der Waals surface area contributed by atoms with Crippen LogP contribution in [0.1, 0.15) is 37.9 Å². The van der Waals surface area contributed by atoms with Gasteiger partial charge in [-0.3, -0.25) is 0 Å². The minimum Gasteiger partial charge on any atom is -0.363 e. The van der Waals surface area contributed by atoms with Gasteiger partial charge in [0.15, 0.2) is 0 Å². The van der Waals surface area contributed by atoms with E-state index in [1.165, 1.54) is 21.9 Å². The molecule has 0 aliphatic heterocycles. The third-order valence-corrected chi connectivity index (χ3v) is 5.57. The number of hydrogen-bond acceptors (Lipinski definition) is 3. The Morgan fingerprint density at radius 2 is 1.70 bits per heavy atom. The van der Waals surface area contributed by atoms with Crippen molar-refractivity contribution < 1.29 is 0 Å². The second-order valence-corrected chi connectivity index (χ2v) is 8.28. The summed E-state index contributed by atoms with van der Waals surface area (Å²) in [7, 11) is 0. The van der Waals surface area contributed by atoms with Crippen LogP contribution in [-0.4, -0.2) is 9.97 Å². The van der Waals surface area contributed by atoms with Gasteiger partial charge in [-0.2, -0.15) is 0 Å². The Balaban J connectivity index is 1.52. The van der Waals surface area contributed by atoms with Gasteiger partial charge in [-0.15, -0.1) is 0 Å². The summed E-state index contributed by atoms with van der Waals surface area (Å²) in [4.78, 5) is 8.94. The van der Waals surface area contributed by atoms with E-state index in [2.05, 4.69) is 114 Å². The number of benzene rings is 3. The van der Waals surface area contributed by atoms with Crippen molar-refractivity contribution in [1.82, 2.24) is 9.97 Å². The molecule has 0 aliphatic carbocycles. The predicted molar refractivity (Wildman–Crippen MR) is 141 cm³/mol. The number of aromatic nitrogens is 2. The molecule has 0 fully saturated rings. The molecule has 1 unspecified atom stereocenters. The quantitative estimate of drug-likeness (QED) is 0.301. The minimum absolute atomic E-state index is 0.105. The zero-order chi connectivity index (χ0) is 23.2.